The Morgan fingerprint density at radius 2 is 1.44 bits per heavy atom. The molecule has 0 radical (unpaired) electrons. The van der Waals surface area contributed by atoms with Crippen molar-refractivity contribution in [3.63, 3.8) is 0 Å². The van der Waals surface area contributed by atoms with Crippen LogP contribution in [0.1, 0.15) is 26.2 Å². The Hall–Kier alpha value is -0.163. The number of fused-ring (bicyclic) bond motifs is 2. The fourth-order valence-corrected chi connectivity index (χ4v) is 3.77. The minimum absolute atomic E-state index is 0.816. The first kappa shape index (κ1) is 13.9. The zero-order valence-corrected chi connectivity index (χ0v) is 11.9. The van der Waals surface area contributed by atoms with E-state index in [2.05, 4.69) is 12.2 Å². The minimum Gasteiger partial charge on any atom is -0.377 e. The Morgan fingerprint density at radius 1 is 1.00 bits per heavy atom. The lowest BCUT2D eigenvalue weighted by molar-refractivity contribution is 0.125. The van der Waals surface area contributed by atoms with Crippen LogP contribution in [0, 0.1) is 11.8 Å². The van der Waals surface area contributed by atoms with Gasteiger partial charge in [0.2, 0.25) is 0 Å². The molecule has 1 saturated carbocycles. The van der Waals surface area contributed by atoms with Crippen LogP contribution in [0.15, 0.2) is 12.2 Å². The fourth-order valence-electron chi connectivity index (χ4n) is 2.40. The second-order valence-electron chi connectivity index (χ2n) is 4.37. The Balaban J connectivity index is 0.000000163. The molecule has 2 unspecified atom stereocenters. The van der Waals surface area contributed by atoms with Crippen LogP contribution in [0.2, 0.25) is 6.04 Å². The quantitative estimate of drug-likeness (QED) is 0.562. The average molecular weight is 244 g/mol. The van der Waals surface area contributed by atoms with E-state index in [9.17, 15) is 0 Å². The summed E-state index contributed by atoms with van der Waals surface area (Å²) in [7, 11) is 2.65. The average Bonchev–Trinajstić information content (AvgIpc) is 2.98. The molecule has 2 bridgehead atoms. The van der Waals surface area contributed by atoms with E-state index in [0.29, 0.717) is 0 Å². The lowest BCUT2D eigenvalue weighted by atomic mass is 10.1. The monoisotopic (exact) mass is 244 g/mol. The summed E-state index contributed by atoms with van der Waals surface area (Å²) in [5.41, 5.74) is 0. The van der Waals surface area contributed by atoms with Crippen molar-refractivity contribution in [1.82, 2.24) is 0 Å². The van der Waals surface area contributed by atoms with Gasteiger partial charge in [-0.15, -0.1) is 0 Å². The Labute approximate surface area is 100 Å². The molecule has 0 amide bonds. The van der Waals surface area contributed by atoms with Crippen molar-refractivity contribution in [2.45, 2.75) is 32.2 Å². The molecule has 0 aromatic carbocycles. The van der Waals surface area contributed by atoms with Gasteiger partial charge in [-0.25, -0.2) is 0 Å². The van der Waals surface area contributed by atoms with Gasteiger partial charge in [0.25, 0.3) is 0 Å². The second kappa shape index (κ2) is 6.54. The van der Waals surface area contributed by atoms with Crippen LogP contribution in [-0.4, -0.2) is 30.1 Å². The van der Waals surface area contributed by atoms with Crippen LogP contribution in [0.25, 0.3) is 0 Å². The molecule has 0 aliphatic heterocycles. The summed E-state index contributed by atoms with van der Waals surface area (Å²) in [6.07, 6.45) is 9.19. The maximum atomic E-state index is 5.08. The van der Waals surface area contributed by atoms with Crippen LogP contribution >= 0.6 is 0 Å². The minimum atomic E-state index is -2.19. The van der Waals surface area contributed by atoms with Crippen LogP contribution in [0.4, 0.5) is 0 Å². The molecule has 2 aliphatic carbocycles. The van der Waals surface area contributed by atoms with E-state index in [1.165, 1.54) is 19.3 Å². The van der Waals surface area contributed by atoms with Gasteiger partial charge in [-0.05, 0) is 31.1 Å². The third-order valence-electron chi connectivity index (χ3n) is 3.54. The third kappa shape index (κ3) is 3.42. The summed E-state index contributed by atoms with van der Waals surface area (Å²) in [6, 6.07) is 0.816. The summed E-state index contributed by atoms with van der Waals surface area (Å²) < 4.78 is 15.2. The number of allylic oxidation sites excluding steroid dienone is 2. The summed E-state index contributed by atoms with van der Waals surface area (Å²) in [4.78, 5) is 0. The van der Waals surface area contributed by atoms with Crippen molar-refractivity contribution in [2.75, 3.05) is 21.3 Å². The third-order valence-corrected chi connectivity index (χ3v) is 6.27. The molecular formula is C12H24O3Si. The predicted molar refractivity (Wildman–Crippen MR) is 67.2 cm³/mol. The maximum absolute atomic E-state index is 5.08. The number of hydrogen-bond donors (Lipinski definition) is 0. The van der Waals surface area contributed by atoms with Gasteiger partial charge in [0, 0.05) is 27.4 Å². The SMILES string of the molecule is C1=CC2CCC1C2.CC[Si](OC)(OC)OC. The van der Waals surface area contributed by atoms with Gasteiger partial charge in [0.1, 0.15) is 0 Å². The lowest BCUT2D eigenvalue weighted by Crippen LogP contribution is -2.41. The number of rotatable bonds is 4. The van der Waals surface area contributed by atoms with E-state index >= 15 is 0 Å². The summed E-state index contributed by atoms with van der Waals surface area (Å²) >= 11 is 0. The molecule has 0 N–H and O–H groups in total. The Morgan fingerprint density at radius 3 is 1.50 bits per heavy atom. The molecule has 2 aliphatic rings. The van der Waals surface area contributed by atoms with Gasteiger partial charge in [-0.2, -0.15) is 0 Å². The van der Waals surface area contributed by atoms with E-state index in [0.717, 1.165) is 17.9 Å². The van der Waals surface area contributed by atoms with E-state index in [4.69, 9.17) is 13.3 Å². The molecule has 3 nitrogen and oxygen atoms in total. The first-order chi connectivity index (χ1) is 7.69. The highest BCUT2D eigenvalue weighted by Gasteiger charge is 2.34. The molecule has 0 saturated heterocycles. The smallest absolute Gasteiger partial charge is 0.377 e. The summed E-state index contributed by atoms with van der Waals surface area (Å²) in [5, 5.41) is 0. The van der Waals surface area contributed by atoms with Crippen molar-refractivity contribution in [1.29, 1.82) is 0 Å². The zero-order valence-electron chi connectivity index (χ0n) is 10.9. The van der Waals surface area contributed by atoms with Gasteiger partial charge in [0.15, 0.2) is 0 Å². The summed E-state index contributed by atoms with van der Waals surface area (Å²) in [6.45, 7) is 1.99. The lowest BCUT2D eigenvalue weighted by Gasteiger charge is -2.22. The topological polar surface area (TPSA) is 27.7 Å². The molecule has 2 rings (SSSR count). The molecule has 16 heavy (non-hydrogen) atoms. The van der Waals surface area contributed by atoms with Crippen molar-refractivity contribution in [2.24, 2.45) is 11.8 Å². The molecule has 94 valence electrons. The highest BCUT2D eigenvalue weighted by molar-refractivity contribution is 6.60. The zero-order chi connectivity index (χ0) is 12.0. The molecule has 1 fully saturated rings. The van der Waals surface area contributed by atoms with E-state index < -0.39 is 8.80 Å². The highest BCUT2D eigenvalue weighted by Crippen LogP contribution is 2.38. The molecule has 2 atom stereocenters. The Kier molecular flexibility index (Phi) is 5.68. The standard InChI is InChI=1S/C7H10.C5H14O3Si/c1-2-7-4-3-6(1)5-7;1-5-9(6-2,7-3)8-4/h1-2,6-7H,3-5H2;5H2,1-4H3. The van der Waals surface area contributed by atoms with Gasteiger partial charge < -0.3 is 13.3 Å². The highest BCUT2D eigenvalue weighted by atomic mass is 28.4. The van der Waals surface area contributed by atoms with Crippen LogP contribution in [0.3, 0.4) is 0 Å². The van der Waals surface area contributed by atoms with Crippen molar-refractivity contribution >= 4 is 8.80 Å². The van der Waals surface area contributed by atoms with Crippen LogP contribution in [-0.2, 0) is 13.3 Å². The van der Waals surface area contributed by atoms with E-state index in [-0.39, 0.29) is 0 Å². The van der Waals surface area contributed by atoms with E-state index in [1.54, 1.807) is 21.3 Å². The second-order valence-corrected chi connectivity index (χ2v) is 7.66. The molecule has 0 aromatic rings. The van der Waals surface area contributed by atoms with E-state index in [1.807, 2.05) is 6.92 Å². The van der Waals surface area contributed by atoms with Crippen LogP contribution in [0.5, 0.6) is 0 Å². The molecular weight excluding hydrogens is 220 g/mol. The first-order valence-electron chi connectivity index (χ1n) is 6.03. The normalized spacial score (nSPS) is 26.8. The van der Waals surface area contributed by atoms with Gasteiger partial charge >= 0.3 is 8.80 Å². The maximum Gasteiger partial charge on any atom is 0.499 e. The van der Waals surface area contributed by atoms with Crippen molar-refractivity contribution < 1.29 is 13.3 Å². The van der Waals surface area contributed by atoms with Gasteiger partial charge in [-0.3, -0.25) is 0 Å². The molecule has 4 heteroatoms. The molecule has 0 aromatic heterocycles. The summed E-state index contributed by atoms with van der Waals surface area (Å²) in [5.74, 6) is 1.98. The fraction of sp³-hybridized carbons (Fsp3) is 0.833. The van der Waals surface area contributed by atoms with Gasteiger partial charge in [-0.1, -0.05) is 19.1 Å². The predicted octanol–water partition coefficient (Wildman–Crippen LogP) is 2.86. The van der Waals surface area contributed by atoms with Crippen molar-refractivity contribution in [3.05, 3.63) is 12.2 Å². The number of hydrogen-bond acceptors (Lipinski definition) is 3. The van der Waals surface area contributed by atoms with Crippen LogP contribution < -0.4 is 0 Å². The van der Waals surface area contributed by atoms with Crippen molar-refractivity contribution in [3.8, 4) is 0 Å². The molecule has 0 spiro atoms. The Bertz CT molecular complexity index is 197. The molecule has 0 heterocycles. The van der Waals surface area contributed by atoms with Gasteiger partial charge in [0.05, 0.1) is 0 Å². The largest absolute Gasteiger partial charge is 0.499 e. The first-order valence-corrected chi connectivity index (χ1v) is 7.96.